The fraction of sp³-hybridized carbons (Fsp3) is 0.286. The normalized spacial score (nSPS) is 16.3. The summed E-state index contributed by atoms with van der Waals surface area (Å²) in [5.41, 5.74) is 1.25. The predicted octanol–water partition coefficient (Wildman–Crippen LogP) is 3.03. The molecule has 1 aliphatic heterocycles. The minimum atomic E-state index is -3.58. The molecule has 0 bridgehead atoms. The van der Waals surface area contributed by atoms with Gasteiger partial charge in [-0.1, -0.05) is 42.5 Å². The van der Waals surface area contributed by atoms with E-state index in [1.165, 1.54) is 26.7 Å². The minimum absolute atomic E-state index is 0.154. The molecule has 1 N–H and O–H groups in total. The number of sulfonamides is 1. The van der Waals surface area contributed by atoms with E-state index in [9.17, 15) is 13.2 Å². The highest BCUT2D eigenvalue weighted by atomic mass is 32.2. The van der Waals surface area contributed by atoms with Crippen LogP contribution in [0.3, 0.4) is 0 Å². The van der Waals surface area contributed by atoms with E-state index in [1.807, 2.05) is 12.1 Å². The first-order valence-corrected chi connectivity index (χ1v) is 11.7. The lowest BCUT2D eigenvalue weighted by atomic mass is 10.0. The topological polar surface area (TPSA) is 77.9 Å². The first-order chi connectivity index (χ1) is 13.9. The lowest BCUT2D eigenvalue weighted by Crippen LogP contribution is -2.48. The first kappa shape index (κ1) is 20.0. The Hall–Kier alpha value is -2.26. The van der Waals surface area contributed by atoms with Crippen LogP contribution in [-0.4, -0.2) is 54.9 Å². The lowest BCUT2D eigenvalue weighted by Gasteiger charge is -2.33. The Kier molecular flexibility index (Phi) is 5.69. The predicted molar refractivity (Wildman–Crippen MR) is 114 cm³/mol. The number of carbonyl (C=O) groups is 1. The summed E-state index contributed by atoms with van der Waals surface area (Å²) in [4.78, 5) is 13.7. The molecule has 8 heteroatoms. The summed E-state index contributed by atoms with van der Waals surface area (Å²) in [6.07, 6.45) is -0.154. The van der Waals surface area contributed by atoms with Crippen LogP contribution in [0.25, 0.3) is 10.8 Å². The second-order valence-corrected chi connectivity index (χ2v) is 10.4. The summed E-state index contributed by atoms with van der Waals surface area (Å²) in [6, 6.07) is 17.7. The summed E-state index contributed by atoms with van der Waals surface area (Å²) in [5.74, 6) is -0.960. The summed E-state index contributed by atoms with van der Waals surface area (Å²) in [6.45, 7) is 2.97. The van der Waals surface area contributed by atoms with Gasteiger partial charge in [-0.05, 0) is 28.5 Å². The summed E-state index contributed by atoms with van der Waals surface area (Å²) >= 11 is 1.04. The molecule has 29 heavy (non-hydrogen) atoms. The summed E-state index contributed by atoms with van der Waals surface area (Å²) < 4.78 is 27.5. The van der Waals surface area contributed by atoms with Crippen molar-refractivity contribution in [2.45, 2.75) is 17.2 Å². The van der Waals surface area contributed by atoms with Crippen molar-refractivity contribution in [3.8, 4) is 0 Å². The first-order valence-electron chi connectivity index (χ1n) is 9.43. The van der Waals surface area contributed by atoms with Gasteiger partial charge in [0.1, 0.15) is 4.21 Å². The molecule has 0 amide bonds. The zero-order valence-electron chi connectivity index (χ0n) is 15.8. The fourth-order valence-electron chi connectivity index (χ4n) is 3.67. The quantitative estimate of drug-likeness (QED) is 0.650. The van der Waals surface area contributed by atoms with E-state index >= 15 is 0 Å². The standard InChI is InChI=1S/C21H22N2O4S2/c24-20(25)14-18-8-9-21(28-18)29(26,27)23-12-10-22(11-13-23)15-17-6-3-5-16-4-1-2-7-19(16)17/h1-9H,10-15H2,(H,24,25). The molecule has 4 rings (SSSR count). The Bertz CT molecular complexity index is 1130. The van der Waals surface area contributed by atoms with Gasteiger partial charge in [0.15, 0.2) is 0 Å². The molecule has 1 aliphatic rings. The van der Waals surface area contributed by atoms with Crippen molar-refractivity contribution in [3.05, 3.63) is 65.0 Å². The molecule has 6 nitrogen and oxygen atoms in total. The van der Waals surface area contributed by atoms with Crippen LogP contribution >= 0.6 is 11.3 Å². The van der Waals surface area contributed by atoms with Crippen LogP contribution < -0.4 is 0 Å². The number of nitrogens with zero attached hydrogens (tertiary/aromatic N) is 2. The lowest BCUT2D eigenvalue weighted by molar-refractivity contribution is -0.136. The molecule has 2 heterocycles. The van der Waals surface area contributed by atoms with Gasteiger partial charge in [0, 0.05) is 37.6 Å². The maximum absolute atomic E-state index is 12.9. The fourth-order valence-corrected chi connectivity index (χ4v) is 6.59. The number of rotatable bonds is 6. The van der Waals surface area contributed by atoms with E-state index in [0.29, 0.717) is 31.1 Å². The molecular formula is C21H22N2O4S2. The number of fused-ring (bicyclic) bond motifs is 1. The highest BCUT2D eigenvalue weighted by molar-refractivity contribution is 7.91. The van der Waals surface area contributed by atoms with E-state index in [4.69, 9.17) is 5.11 Å². The van der Waals surface area contributed by atoms with Gasteiger partial charge in [0.05, 0.1) is 6.42 Å². The molecule has 2 aromatic carbocycles. The number of benzene rings is 2. The average Bonchev–Trinajstić information content (AvgIpc) is 3.17. The largest absolute Gasteiger partial charge is 0.481 e. The van der Waals surface area contributed by atoms with Crippen LogP contribution in [0.5, 0.6) is 0 Å². The molecule has 152 valence electrons. The number of thiophene rings is 1. The SMILES string of the molecule is O=C(O)Cc1ccc(S(=O)(=O)N2CCN(Cc3cccc4ccccc34)CC2)s1. The Morgan fingerprint density at radius 2 is 1.69 bits per heavy atom. The molecule has 0 aliphatic carbocycles. The highest BCUT2D eigenvalue weighted by Crippen LogP contribution is 2.27. The molecule has 1 aromatic heterocycles. The second-order valence-electron chi connectivity index (χ2n) is 7.11. The molecule has 0 atom stereocenters. The van der Waals surface area contributed by atoms with Crippen LogP contribution in [0.2, 0.25) is 0 Å². The van der Waals surface area contributed by atoms with Gasteiger partial charge in [0.2, 0.25) is 0 Å². The van der Waals surface area contributed by atoms with Gasteiger partial charge in [-0.15, -0.1) is 11.3 Å². The third-order valence-corrected chi connectivity index (χ3v) is 8.61. The van der Waals surface area contributed by atoms with Gasteiger partial charge in [-0.2, -0.15) is 4.31 Å². The van der Waals surface area contributed by atoms with Crippen LogP contribution in [0, 0.1) is 0 Å². The number of aliphatic carboxylic acids is 1. The maximum Gasteiger partial charge on any atom is 0.308 e. The van der Waals surface area contributed by atoms with Crippen LogP contribution in [0.4, 0.5) is 0 Å². The van der Waals surface area contributed by atoms with Crippen molar-refractivity contribution in [1.82, 2.24) is 9.21 Å². The van der Waals surface area contributed by atoms with Crippen LogP contribution in [0.1, 0.15) is 10.4 Å². The molecular weight excluding hydrogens is 408 g/mol. The van der Waals surface area contributed by atoms with Crippen LogP contribution in [-0.2, 0) is 27.8 Å². The van der Waals surface area contributed by atoms with Crippen molar-refractivity contribution in [3.63, 3.8) is 0 Å². The number of hydrogen-bond donors (Lipinski definition) is 1. The molecule has 0 unspecified atom stereocenters. The van der Waals surface area contributed by atoms with Crippen molar-refractivity contribution >= 4 is 38.1 Å². The van der Waals surface area contributed by atoms with E-state index in [-0.39, 0.29) is 10.6 Å². The molecule has 1 saturated heterocycles. The van der Waals surface area contributed by atoms with Gasteiger partial charge < -0.3 is 5.11 Å². The maximum atomic E-state index is 12.9. The molecule has 3 aromatic rings. The number of carboxylic acid groups (broad SMARTS) is 1. The third kappa shape index (κ3) is 4.35. The van der Waals surface area contributed by atoms with Crippen molar-refractivity contribution < 1.29 is 18.3 Å². The molecule has 1 fully saturated rings. The Morgan fingerprint density at radius 1 is 0.966 bits per heavy atom. The minimum Gasteiger partial charge on any atom is -0.481 e. The van der Waals surface area contributed by atoms with Crippen molar-refractivity contribution in [2.75, 3.05) is 26.2 Å². The summed E-state index contributed by atoms with van der Waals surface area (Å²) in [7, 11) is -3.58. The van der Waals surface area contributed by atoms with E-state index < -0.39 is 16.0 Å². The average molecular weight is 431 g/mol. The smallest absolute Gasteiger partial charge is 0.308 e. The molecule has 0 saturated carbocycles. The number of hydrogen-bond acceptors (Lipinski definition) is 5. The van der Waals surface area contributed by atoms with E-state index in [0.717, 1.165) is 17.9 Å². The Labute approximate surface area is 174 Å². The third-order valence-electron chi connectivity index (χ3n) is 5.16. The van der Waals surface area contributed by atoms with Gasteiger partial charge in [-0.25, -0.2) is 8.42 Å². The zero-order chi connectivity index (χ0) is 20.4. The monoisotopic (exact) mass is 430 g/mol. The molecule has 0 radical (unpaired) electrons. The zero-order valence-corrected chi connectivity index (χ0v) is 17.5. The van der Waals surface area contributed by atoms with Crippen LogP contribution in [0.15, 0.2) is 58.8 Å². The van der Waals surface area contributed by atoms with E-state index in [1.54, 1.807) is 6.07 Å². The Balaban J connectivity index is 1.42. The van der Waals surface area contributed by atoms with Gasteiger partial charge in [0.25, 0.3) is 10.0 Å². The Morgan fingerprint density at radius 3 is 2.45 bits per heavy atom. The highest BCUT2D eigenvalue weighted by Gasteiger charge is 2.30. The number of carboxylic acids is 1. The van der Waals surface area contributed by atoms with Crippen molar-refractivity contribution in [2.24, 2.45) is 0 Å². The van der Waals surface area contributed by atoms with Crippen molar-refractivity contribution in [1.29, 1.82) is 0 Å². The van der Waals surface area contributed by atoms with E-state index in [2.05, 4.69) is 35.2 Å². The molecule has 0 spiro atoms. The second kappa shape index (κ2) is 8.23. The van der Waals surface area contributed by atoms with Gasteiger partial charge >= 0.3 is 5.97 Å². The van der Waals surface area contributed by atoms with Gasteiger partial charge in [-0.3, -0.25) is 9.69 Å². The summed E-state index contributed by atoms with van der Waals surface area (Å²) in [5, 5.41) is 11.3. The number of piperazine rings is 1.